The first-order chi connectivity index (χ1) is 13.5. The fourth-order valence-corrected chi connectivity index (χ4v) is 3.60. The molecule has 2 aromatic rings. The minimum atomic E-state index is -0.122. The normalized spacial score (nSPS) is 17.8. The van der Waals surface area contributed by atoms with Crippen LogP contribution in [0.5, 0.6) is 0 Å². The number of nitrogens with one attached hydrogen (secondary N) is 3. The molecule has 0 fully saturated rings. The Morgan fingerprint density at radius 2 is 2.07 bits per heavy atom. The third-order valence-corrected chi connectivity index (χ3v) is 5.03. The van der Waals surface area contributed by atoms with E-state index in [4.69, 9.17) is 4.99 Å². The molecule has 2 unspecified atom stereocenters. The maximum absolute atomic E-state index is 4.86. The SMILES string of the molecule is CCNC(=NCC(C)(C)NC(C)c1ccccc1)NC1CCc2ncnn2C1.I. The number of aliphatic imine (C=N–C) groups is 1. The number of benzene rings is 1. The quantitative estimate of drug-likeness (QED) is 0.303. The van der Waals surface area contributed by atoms with Crippen molar-refractivity contribution in [3.63, 3.8) is 0 Å². The second kappa shape index (κ2) is 10.9. The molecular weight excluding hydrogens is 477 g/mol. The van der Waals surface area contributed by atoms with Gasteiger partial charge in [-0.25, -0.2) is 9.67 Å². The number of guanidine groups is 1. The summed E-state index contributed by atoms with van der Waals surface area (Å²) in [4.78, 5) is 9.15. The van der Waals surface area contributed by atoms with E-state index < -0.39 is 0 Å². The van der Waals surface area contributed by atoms with Crippen molar-refractivity contribution in [1.82, 2.24) is 30.7 Å². The van der Waals surface area contributed by atoms with Gasteiger partial charge in [-0.05, 0) is 39.7 Å². The van der Waals surface area contributed by atoms with E-state index in [1.165, 1.54) is 5.56 Å². The van der Waals surface area contributed by atoms with Crippen molar-refractivity contribution in [2.75, 3.05) is 13.1 Å². The largest absolute Gasteiger partial charge is 0.357 e. The molecule has 0 aliphatic carbocycles. The van der Waals surface area contributed by atoms with Crippen LogP contribution in [0, 0.1) is 0 Å². The summed E-state index contributed by atoms with van der Waals surface area (Å²) < 4.78 is 1.98. The highest BCUT2D eigenvalue weighted by Gasteiger charge is 2.23. The summed E-state index contributed by atoms with van der Waals surface area (Å²) in [5, 5.41) is 14.9. The first kappa shape index (κ1) is 23.6. The first-order valence-corrected chi connectivity index (χ1v) is 10.2. The number of fused-ring (bicyclic) bond motifs is 1. The van der Waals surface area contributed by atoms with E-state index in [-0.39, 0.29) is 35.6 Å². The van der Waals surface area contributed by atoms with Crippen LogP contribution in [0.1, 0.15) is 51.5 Å². The Bertz CT molecular complexity index is 772. The third kappa shape index (κ3) is 6.95. The Hall–Kier alpha value is -1.68. The molecule has 160 valence electrons. The standard InChI is InChI=1S/C21H33N7.HI/c1-5-22-20(26-18-11-12-19-24-15-25-28(19)13-18)23-14-21(3,4)27-16(2)17-9-7-6-8-10-17;/h6-10,15-16,18,27H,5,11-14H2,1-4H3,(H2,22,23,26);1H. The van der Waals surface area contributed by atoms with Crippen LogP contribution in [0.15, 0.2) is 41.7 Å². The van der Waals surface area contributed by atoms with Crippen LogP contribution < -0.4 is 16.0 Å². The Morgan fingerprint density at radius 3 is 2.79 bits per heavy atom. The molecule has 3 rings (SSSR count). The van der Waals surface area contributed by atoms with Crippen LogP contribution in [0.4, 0.5) is 0 Å². The number of rotatable bonds is 7. The van der Waals surface area contributed by atoms with Crippen molar-refractivity contribution in [3.8, 4) is 0 Å². The van der Waals surface area contributed by atoms with Gasteiger partial charge in [0.2, 0.25) is 0 Å². The molecule has 0 saturated carbocycles. The van der Waals surface area contributed by atoms with E-state index in [1.807, 2.05) is 10.7 Å². The highest BCUT2D eigenvalue weighted by atomic mass is 127. The molecule has 1 aliphatic heterocycles. The topological polar surface area (TPSA) is 79.2 Å². The number of aryl methyl sites for hydroxylation is 1. The molecule has 0 bridgehead atoms. The monoisotopic (exact) mass is 511 g/mol. The molecule has 0 amide bonds. The van der Waals surface area contributed by atoms with Crippen LogP contribution in [0.25, 0.3) is 0 Å². The van der Waals surface area contributed by atoms with Crippen LogP contribution in [-0.2, 0) is 13.0 Å². The summed E-state index contributed by atoms with van der Waals surface area (Å²) in [6.45, 7) is 11.0. The lowest BCUT2D eigenvalue weighted by Crippen LogP contribution is -2.49. The minimum Gasteiger partial charge on any atom is -0.357 e. The van der Waals surface area contributed by atoms with Crippen LogP contribution in [0.3, 0.4) is 0 Å². The van der Waals surface area contributed by atoms with E-state index in [9.17, 15) is 0 Å². The van der Waals surface area contributed by atoms with E-state index in [2.05, 4.69) is 78.0 Å². The molecule has 2 heterocycles. The number of aromatic nitrogens is 3. The summed E-state index contributed by atoms with van der Waals surface area (Å²) in [6, 6.07) is 11.1. The number of hydrogen-bond donors (Lipinski definition) is 3. The van der Waals surface area contributed by atoms with Crippen LogP contribution in [0.2, 0.25) is 0 Å². The molecule has 1 aromatic heterocycles. The summed E-state index contributed by atoms with van der Waals surface area (Å²) in [6.07, 6.45) is 3.62. The van der Waals surface area contributed by atoms with Gasteiger partial charge in [0.05, 0.1) is 13.1 Å². The van der Waals surface area contributed by atoms with Gasteiger partial charge >= 0.3 is 0 Å². The predicted molar refractivity (Wildman–Crippen MR) is 129 cm³/mol. The molecule has 0 radical (unpaired) electrons. The molecule has 3 N–H and O–H groups in total. The molecule has 29 heavy (non-hydrogen) atoms. The molecule has 0 spiro atoms. The van der Waals surface area contributed by atoms with E-state index >= 15 is 0 Å². The fraction of sp³-hybridized carbons (Fsp3) is 0.571. The fourth-order valence-electron chi connectivity index (χ4n) is 3.60. The van der Waals surface area contributed by atoms with Crippen molar-refractivity contribution in [2.24, 2.45) is 4.99 Å². The van der Waals surface area contributed by atoms with Crippen LogP contribution >= 0.6 is 24.0 Å². The number of halogens is 1. The van der Waals surface area contributed by atoms with Gasteiger partial charge < -0.3 is 16.0 Å². The molecular formula is C21H34IN7. The van der Waals surface area contributed by atoms with Gasteiger partial charge in [-0.2, -0.15) is 5.10 Å². The van der Waals surface area contributed by atoms with E-state index in [1.54, 1.807) is 6.33 Å². The average molecular weight is 511 g/mol. The lowest BCUT2D eigenvalue weighted by molar-refractivity contribution is 0.355. The van der Waals surface area contributed by atoms with Crippen molar-refractivity contribution in [2.45, 2.75) is 64.7 Å². The zero-order valence-electron chi connectivity index (χ0n) is 17.9. The summed E-state index contributed by atoms with van der Waals surface area (Å²) >= 11 is 0. The Kier molecular flexibility index (Phi) is 8.88. The van der Waals surface area contributed by atoms with Gasteiger partial charge in [0.1, 0.15) is 12.2 Å². The highest BCUT2D eigenvalue weighted by molar-refractivity contribution is 14.0. The average Bonchev–Trinajstić information content (AvgIpc) is 3.14. The van der Waals surface area contributed by atoms with E-state index in [0.29, 0.717) is 12.6 Å². The molecule has 1 aromatic carbocycles. The van der Waals surface area contributed by atoms with Crippen molar-refractivity contribution < 1.29 is 0 Å². The summed E-state index contributed by atoms with van der Waals surface area (Å²) in [7, 11) is 0. The summed E-state index contributed by atoms with van der Waals surface area (Å²) in [5.41, 5.74) is 1.17. The van der Waals surface area contributed by atoms with E-state index in [0.717, 1.165) is 37.7 Å². The van der Waals surface area contributed by atoms with Gasteiger partial charge in [0.25, 0.3) is 0 Å². The first-order valence-electron chi connectivity index (χ1n) is 10.2. The predicted octanol–water partition coefficient (Wildman–Crippen LogP) is 2.90. The Labute approximate surface area is 191 Å². The maximum atomic E-state index is 4.86. The van der Waals surface area contributed by atoms with Crippen molar-refractivity contribution in [1.29, 1.82) is 0 Å². The van der Waals surface area contributed by atoms with Gasteiger partial charge in [0, 0.05) is 30.6 Å². The maximum Gasteiger partial charge on any atom is 0.191 e. The lowest BCUT2D eigenvalue weighted by atomic mass is 10.0. The van der Waals surface area contributed by atoms with Gasteiger partial charge in [-0.15, -0.1) is 24.0 Å². The Morgan fingerprint density at radius 1 is 1.31 bits per heavy atom. The van der Waals surface area contributed by atoms with Gasteiger partial charge in [-0.1, -0.05) is 30.3 Å². The smallest absolute Gasteiger partial charge is 0.191 e. The summed E-state index contributed by atoms with van der Waals surface area (Å²) in [5.74, 6) is 1.93. The molecule has 7 nitrogen and oxygen atoms in total. The molecule has 1 aliphatic rings. The zero-order valence-corrected chi connectivity index (χ0v) is 20.2. The molecule has 0 saturated heterocycles. The highest BCUT2D eigenvalue weighted by Crippen LogP contribution is 2.16. The van der Waals surface area contributed by atoms with Gasteiger partial charge in [0.15, 0.2) is 5.96 Å². The minimum absolute atomic E-state index is 0. The number of hydrogen-bond acceptors (Lipinski definition) is 4. The zero-order chi connectivity index (χ0) is 20.0. The van der Waals surface area contributed by atoms with Crippen LogP contribution in [-0.4, -0.2) is 45.4 Å². The number of nitrogens with zero attached hydrogens (tertiary/aromatic N) is 4. The van der Waals surface area contributed by atoms with Gasteiger partial charge in [-0.3, -0.25) is 4.99 Å². The second-order valence-corrected chi connectivity index (χ2v) is 8.09. The molecule has 8 heteroatoms. The second-order valence-electron chi connectivity index (χ2n) is 8.09. The van der Waals surface area contributed by atoms with Crippen molar-refractivity contribution in [3.05, 3.63) is 48.0 Å². The lowest BCUT2D eigenvalue weighted by Gasteiger charge is -2.30. The molecule has 2 atom stereocenters. The Balaban J connectivity index is 0.00000300. The van der Waals surface area contributed by atoms with Crippen molar-refractivity contribution >= 4 is 29.9 Å². The third-order valence-electron chi connectivity index (χ3n) is 5.03.